The highest BCUT2D eigenvalue weighted by atomic mass is 32.1. The second-order valence-corrected chi connectivity index (χ2v) is 4.22. The molecule has 0 aliphatic carbocycles. The van der Waals surface area contributed by atoms with E-state index >= 15 is 0 Å². The molecule has 2 aromatic rings. The number of nitriles is 1. The summed E-state index contributed by atoms with van der Waals surface area (Å²) in [6, 6.07) is 5.48. The van der Waals surface area contributed by atoms with E-state index in [9.17, 15) is 0 Å². The lowest BCUT2D eigenvalue weighted by atomic mass is 10.3. The van der Waals surface area contributed by atoms with E-state index in [1.165, 1.54) is 0 Å². The molecule has 0 fully saturated rings. The van der Waals surface area contributed by atoms with Crippen molar-refractivity contribution in [2.24, 2.45) is 0 Å². The lowest BCUT2D eigenvalue weighted by molar-refractivity contribution is 1.06. The number of nitrogens with one attached hydrogen (secondary N) is 1. The molecule has 5 heteroatoms. The van der Waals surface area contributed by atoms with Crippen LogP contribution in [-0.4, -0.2) is 9.97 Å². The molecule has 80 valence electrons. The number of rotatable bonds is 3. The lowest BCUT2D eigenvalue weighted by Gasteiger charge is -2.02. The van der Waals surface area contributed by atoms with Crippen LogP contribution in [0.2, 0.25) is 0 Å². The highest BCUT2D eigenvalue weighted by molar-refractivity contribution is 7.09. The van der Waals surface area contributed by atoms with Gasteiger partial charge in [-0.15, -0.1) is 11.3 Å². The Kier molecular flexibility index (Phi) is 3.13. The van der Waals surface area contributed by atoms with E-state index in [-0.39, 0.29) is 0 Å². The molecule has 1 N–H and O–H groups in total. The van der Waals surface area contributed by atoms with Gasteiger partial charge in [-0.25, -0.2) is 9.97 Å². The summed E-state index contributed by atoms with van der Waals surface area (Å²) in [5, 5.41) is 14.9. The summed E-state index contributed by atoms with van der Waals surface area (Å²) in [5.74, 6) is 0.701. The second kappa shape index (κ2) is 4.73. The van der Waals surface area contributed by atoms with Gasteiger partial charge in [0.2, 0.25) is 0 Å². The summed E-state index contributed by atoms with van der Waals surface area (Å²) in [5.41, 5.74) is 1.63. The third-order valence-corrected chi connectivity index (χ3v) is 2.94. The molecular weight excluding hydrogens is 220 g/mol. The van der Waals surface area contributed by atoms with Crippen molar-refractivity contribution in [3.05, 3.63) is 40.0 Å². The SMILES string of the molecule is Cc1csc(CNc2cc(C#N)ccn2)n1. The molecule has 0 amide bonds. The molecule has 0 saturated heterocycles. The van der Waals surface area contributed by atoms with Crippen LogP contribution in [0.5, 0.6) is 0 Å². The first kappa shape index (κ1) is 10.6. The second-order valence-electron chi connectivity index (χ2n) is 3.28. The van der Waals surface area contributed by atoms with Gasteiger partial charge in [-0.05, 0) is 19.1 Å². The zero-order chi connectivity index (χ0) is 11.4. The molecule has 0 spiro atoms. The third-order valence-electron chi connectivity index (χ3n) is 1.98. The molecule has 4 nitrogen and oxygen atoms in total. The van der Waals surface area contributed by atoms with Gasteiger partial charge in [0.1, 0.15) is 10.8 Å². The Morgan fingerprint density at radius 2 is 2.44 bits per heavy atom. The Morgan fingerprint density at radius 3 is 3.12 bits per heavy atom. The smallest absolute Gasteiger partial charge is 0.127 e. The van der Waals surface area contributed by atoms with Crippen molar-refractivity contribution in [1.82, 2.24) is 9.97 Å². The van der Waals surface area contributed by atoms with Crippen LogP contribution >= 0.6 is 11.3 Å². The van der Waals surface area contributed by atoms with E-state index in [4.69, 9.17) is 5.26 Å². The molecule has 2 aromatic heterocycles. The number of aryl methyl sites for hydroxylation is 1. The van der Waals surface area contributed by atoms with Crippen LogP contribution in [0, 0.1) is 18.3 Å². The van der Waals surface area contributed by atoms with Crippen LogP contribution in [-0.2, 0) is 6.54 Å². The third kappa shape index (κ3) is 2.55. The number of hydrogen-bond acceptors (Lipinski definition) is 5. The Hall–Kier alpha value is -1.93. The molecule has 0 bridgehead atoms. The molecule has 0 aliphatic heterocycles. The zero-order valence-electron chi connectivity index (χ0n) is 8.77. The van der Waals surface area contributed by atoms with E-state index in [1.54, 1.807) is 29.7 Å². The van der Waals surface area contributed by atoms with Crippen molar-refractivity contribution in [2.75, 3.05) is 5.32 Å². The zero-order valence-corrected chi connectivity index (χ0v) is 9.58. The number of thiazole rings is 1. The first-order valence-electron chi connectivity index (χ1n) is 4.79. The predicted octanol–water partition coefficient (Wildman–Crippen LogP) is 2.33. The van der Waals surface area contributed by atoms with Crippen LogP contribution in [0.15, 0.2) is 23.7 Å². The Bertz CT molecular complexity index is 527. The van der Waals surface area contributed by atoms with E-state index in [1.807, 2.05) is 12.3 Å². The molecule has 0 radical (unpaired) electrons. The summed E-state index contributed by atoms with van der Waals surface area (Å²) >= 11 is 1.61. The number of hydrogen-bond donors (Lipinski definition) is 1. The van der Waals surface area contributed by atoms with Crippen molar-refractivity contribution in [2.45, 2.75) is 13.5 Å². The average molecular weight is 230 g/mol. The summed E-state index contributed by atoms with van der Waals surface area (Å²) < 4.78 is 0. The van der Waals surface area contributed by atoms with Gasteiger partial charge in [-0.2, -0.15) is 5.26 Å². The van der Waals surface area contributed by atoms with Crippen LogP contribution in [0.3, 0.4) is 0 Å². The monoisotopic (exact) mass is 230 g/mol. The minimum atomic E-state index is 0.604. The van der Waals surface area contributed by atoms with E-state index in [0.29, 0.717) is 17.9 Å². The van der Waals surface area contributed by atoms with Gasteiger partial charge in [0.05, 0.1) is 18.2 Å². The lowest BCUT2D eigenvalue weighted by Crippen LogP contribution is -2.01. The molecule has 2 heterocycles. The van der Waals surface area contributed by atoms with Gasteiger partial charge < -0.3 is 5.32 Å². The first-order chi connectivity index (χ1) is 7.78. The number of nitrogens with zero attached hydrogens (tertiary/aromatic N) is 3. The fourth-order valence-electron chi connectivity index (χ4n) is 1.25. The highest BCUT2D eigenvalue weighted by Gasteiger charge is 2.00. The van der Waals surface area contributed by atoms with E-state index in [0.717, 1.165) is 10.7 Å². The predicted molar refractivity (Wildman–Crippen MR) is 63.1 cm³/mol. The summed E-state index contributed by atoms with van der Waals surface area (Å²) in [4.78, 5) is 8.46. The average Bonchev–Trinajstić information content (AvgIpc) is 2.73. The fraction of sp³-hybridized carbons (Fsp3) is 0.182. The molecule has 0 aliphatic rings. The van der Waals surface area contributed by atoms with Crippen molar-refractivity contribution in [1.29, 1.82) is 5.26 Å². The largest absolute Gasteiger partial charge is 0.364 e. The van der Waals surface area contributed by atoms with Gasteiger partial charge in [-0.3, -0.25) is 0 Å². The summed E-state index contributed by atoms with van der Waals surface area (Å²) in [6.07, 6.45) is 1.62. The maximum Gasteiger partial charge on any atom is 0.127 e. The normalized spacial score (nSPS) is 9.75. The molecule has 0 saturated carbocycles. The maximum absolute atomic E-state index is 8.73. The van der Waals surface area contributed by atoms with E-state index < -0.39 is 0 Å². The van der Waals surface area contributed by atoms with Gasteiger partial charge in [0, 0.05) is 17.3 Å². The summed E-state index contributed by atoms with van der Waals surface area (Å²) in [6.45, 7) is 2.61. The topological polar surface area (TPSA) is 61.6 Å². The Balaban J connectivity index is 2.02. The molecular formula is C11H10N4S. The quantitative estimate of drug-likeness (QED) is 0.879. The number of pyridine rings is 1. The molecule has 2 rings (SSSR count). The van der Waals surface area contributed by atoms with Crippen LogP contribution in [0.1, 0.15) is 16.3 Å². The number of anilines is 1. The van der Waals surface area contributed by atoms with Gasteiger partial charge in [-0.1, -0.05) is 0 Å². The van der Waals surface area contributed by atoms with Crippen LogP contribution < -0.4 is 5.32 Å². The molecule has 0 unspecified atom stereocenters. The standard InChI is InChI=1S/C11H10N4S/c1-8-7-16-11(15-8)6-14-10-4-9(5-12)2-3-13-10/h2-4,7H,6H2,1H3,(H,13,14). The maximum atomic E-state index is 8.73. The fourth-order valence-corrected chi connectivity index (χ4v) is 1.96. The van der Waals surface area contributed by atoms with Gasteiger partial charge in [0.15, 0.2) is 0 Å². The summed E-state index contributed by atoms with van der Waals surface area (Å²) in [7, 11) is 0. The van der Waals surface area contributed by atoms with Crippen molar-refractivity contribution in [3.8, 4) is 6.07 Å². The molecule has 0 aromatic carbocycles. The van der Waals surface area contributed by atoms with Crippen molar-refractivity contribution < 1.29 is 0 Å². The Labute approximate surface area is 97.6 Å². The van der Waals surface area contributed by atoms with E-state index in [2.05, 4.69) is 21.4 Å². The minimum Gasteiger partial charge on any atom is -0.364 e. The highest BCUT2D eigenvalue weighted by Crippen LogP contribution is 2.11. The van der Waals surface area contributed by atoms with Crippen LogP contribution in [0.25, 0.3) is 0 Å². The van der Waals surface area contributed by atoms with Crippen molar-refractivity contribution in [3.63, 3.8) is 0 Å². The van der Waals surface area contributed by atoms with Gasteiger partial charge >= 0.3 is 0 Å². The molecule has 16 heavy (non-hydrogen) atoms. The first-order valence-corrected chi connectivity index (χ1v) is 5.67. The minimum absolute atomic E-state index is 0.604. The number of aromatic nitrogens is 2. The Morgan fingerprint density at radius 1 is 1.56 bits per heavy atom. The van der Waals surface area contributed by atoms with Crippen molar-refractivity contribution >= 4 is 17.2 Å². The van der Waals surface area contributed by atoms with Gasteiger partial charge in [0.25, 0.3) is 0 Å². The van der Waals surface area contributed by atoms with Crippen LogP contribution in [0.4, 0.5) is 5.82 Å². The molecule has 0 atom stereocenters.